The van der Waals surface area contributed by atoms with Crippen molar-refractivity contribution >= 4 is 5.69 Å². The van der Waals surface area contributed by atoms with E-state index in [0.717, 1.165) is 5.92 Å². The van der Waals surface area contributed by atoms with Crippen molar-refractivity contribution in [2.45, 2.75) is 64.3 Å². The van der Waals surface area contributed by atoms with Crippen molar-refractivity contribution in [1.29, 1.82) is 0 Å². The lowest BCUT2D eigenvalue weighted by Gasteiger charge is -2.29. The predicted octanol–water partition coefficient (Wildman–Crippen LogP) is 4.56. The second-order valence-corrected chi connectivity index (χ2v) is 6.17. The van der Waals surface area contributed by atoms with Crippen LogP contribution in [-0.4, -0.2) is 6.04 Å². The molecule has 0 bridgehead atoms. The number of anilines is 1. The molecule has 1 heteroatoms. The van der Waals surface area contributed by atoms with Gasteiger partial charge in [0.05, 0.1) is 0 Å². The molecule has 2 aliphatic carbocycles. The number of hydrogen-bond acceptors (Lipinski definition) is 1. The summed E-state index contributed by atoms with van der Waals surface area (Å²) in [4.78, 5) is 0. The number of nitrogens with one attached hydrogen (secondary N) is 1. The van der Waals surface area contributed by atoms with E-state index in [4.69, 9.17) is 0 Å². The highest BCUT2D eigenvalue weighted by molar-refractivity contribution is 5.50. The van der Waals surface area contributed by atoms with E-state index in [0.29, 0.717) is 6.04 Å². The first kappa shape index (κ1) is 12.1. The second kappa shape index (κ2) is 5.34. The number of rotatable bonds is 3. The zero-order chi connectivity index (χ0) is 12.4. The second-order valence-electron chi connectivity index (χ2n) is 6.17. The van der Waals surface area contributed by atoms with Crippen LogP contribution in [0.3, 0.4) is 0 Å². The van der Waals surface area contributed by atoms with Crippen molar-refractivity contribution in [3.63, 3.8) is 0 Å². The van der Waals surface area contributed by atoms with Gasteiger partial charge in [-0.1, -0.05) is 25.3 Å². The van der Waals surface area contributed by atoms with Gasteiger partial charge < -0.3 is 5.32 Å². The van der Waals surface area contributed by atoms with E-state index in [9.17, 15) is 0 Å². The van der Waals surface area contributed by atoms with Crippen LogP contribution < -0.4 is 5.32 Å². The minimum absolute atomic E-state index is 0.629. The van der Waals surface area contributed by atoms with Gasteiger partial charge in [-0.3, -0.25) is 0 Å². The van der Waals surface area contributed by atoms with E-state index in [1.54, 1.807) is 11.1 Å². The van der Waals surface area contributed by atoms with Gasteiger partial charge in [0, 0.05) is 11.7 Å². The molecular weight excluding hydrogens is 218 g/mol. The highest BCUT2D eigenvalue weighted by atomic mass is 14.9. The van der Waals surface area contributed by atoms with Crippen molar-refractivity contribution < 1.29 is 0 Å². The van der Waals surface area contributed by atoms with Gasteiger partial charge >= 0.3 is 0 Å². The molecule has 1 atom stereocenters. The van der Waals surface area contributed by atoms with Crippen molar-refractivity contribution in [3.8, 4) is 0 Å². The van der Waals surface area contributed by atoms with Gasteiger partial charge in [0.2, 0.25) is 0 Å². The first-order chi connectivity index (χ1) is 8.83. The normalized spacial score (nSPS) is 21.6. The molecule has 1 N–H and O–H groups in total. The minimum Gasteiger partial charge on any atom is -0.382 e. The lowest BCUT2D eigenvalue weighted by Crippen LogP contribution is -2.27. The van der Waals surface area contributed by atoms with Crippen LogP contribution in [0, 0.1) is 5.92 Å². The third kappa shape index (κ3) is 2.55. The van der Waals surface area contributed by atoms with Crippen LogP contribution in [0.25, 0.3) is 0 Å². The van der Waals surface area contributed by atoms with Crippen LogP contribution in [0.4, 0.5) is 5.69 Å². The molecule has 1 unspecified atom stereocenters. The van der Waals surface area contributed by atoms with Crippen LogP contribution in [0.5, 0.6) is 0 Å². The van der Waals surface area contributed by atoms with E-state index in [1.807, 2.05) is 0 Å². The molecule has 0 spiro atoms. The number of aryl methyl sites for hydroxylation is 2. The van der Waals surface area contributed by atoms with E-state index in [1.165, 1.54) is 57.1 Å². The van der Waals surface area contributed by atoms with E-state index >= 15 is 0 Å². The Balaban J connectivity index is 1.64. The molecule has 3 rings (SSSR count). The summed E-state index contributed by atoms with van der Waals surface area (Å²) in [6.07, 6.45) is 11.1. The number of fused-ring (bicyclic) bond motifs is 1. The Labute approximate surface area is 111 Å². The summed E-state index contributed by atoms with van der Waals surface area (Å²) in [6.45, 7) is 2.36. The summed E-state index contributed by atoms with van der Waals surface area (Å²) in [5.74, 6) is 0.881. The fourth-order valence-electron chi connectivity index (χ4n) is 3.68. The third-order valence-electron chi connectivity index (χ3n) is 4.85. The topological polar surface area (TPSA) is 12.0 Å². The Morgan fingerprint density at radius 3 is 2.61 bits per heavy atom. The van der Waals surface area contributed by atoms with Gasteiger partial charge in [-0.25, -0.2) is 0 Å². The Hall–Kier alpha value is -0.980. The minimum atomic E-state index is 0.629. The average molecular weight is 243 g/mol. The molecule has 1 aromatic carbocycles. The molecule has 0 radical (unpaired) electrons. The molecule has 0 aromatic heterocycles. The van der Waals surface area contributed by atoms with Crippen LogP contribution in [0.1, 0.15) is 56.6 Å². The quantitative estimate of drug-likeness (QED) is 0.821. The first-order valence-electron chi connectivity index (χ1n) is 7.71. The summed E-state index contributed by atoms with van der Waals surface area (Å²) in [6, 6.07) is 7.63. The monoisotopic (exact) mass is 243 g/mol. The summed E-state index contributed by atoms with van der Waals surface area (Å²) in [5, 5.41) is 3.74. The van der Waals surface area contributed by atoms with Gasteiger partial charge in [0.25, 0.3) is 0 Å². The maximum absolute atomic E-state index is 3.74. The predicted molar refractivity (Wildman–Crippen MR) is 78.1 cm³/mol. The summed E-state index contributed by atoms with van der Waals surface area (Å²) < 4.78 is 0. The highest BCUT2D eigenvalue weighted by Gasteiger charge is 2.20. The van der Waals surface area contributed by atoms with Crippen molar-refractivity contribution in [2.24, 2.45) is 5.92 Å². The van der Waals surface area contributed by atoms with Crippen LogP contribution >= 0.6 is 0 Å². The molecule has 0 heterocycles. The number of benzene rings is 1. The highest BCUT2D eigenvalue weighted by Crippen LogP contribution is 2.29. The Morgan fingerprint density at radius 1 is 1.00 bits per heavy atom. The Morgan fingerprint density at radius 2 is 1.78 bits per heavy atom. The zero-order valence-corrected chi connectivity index (χ0v) is 11.5. The molecule has 1 fully saturated rings. The van der Waals surface area contributed by atoms with Crippen LogP contribution in [0.2, 0.25) is 0 Å². The maximum atomic E-state index is 3.74. The van der Waals surface area contributed by atoms with Crippen molar-refractivity contribution in [2.75, 3.05) is 5.32 Å². The first-order valence-corrected chi connectivity index (χ1v) is 7.71. The largest absolute Gasteiger partial charge is 0.382 e. The standard InChI is InChI=1S/C17H25N/c1-13(14-6-3-2-4-7-14)18-17-11-10-15-8-5-9-16(15)12-17/h10-14,18H,2-9H2,1H3. The van der Waals surface area contributed by atoms with Gasteiger partial charge in [-0.2, -0.15) is 0 Å². The third-order valence-corrected chi connectivity index (χ3v) is 4.85. The molecule has 98 valence electrons. The Kier molecular flexibility index (Phi) is 3.58. The fraction of sp³-hybridized carbons (Fsp3) is 0.647. The molecule has 1 nitrogen and oxygen atoms in total. The molecule has 18 heavy (non-hydrogen) atoms. The van der Waals surface area contributed by atoms with E-state index in [-0.39, 0.29) is 0 Å². The molecular formula is C17H25N. The van der Waals surface area contributed by atoms with Crippen molar-refractivity contribution in [1.82, 2.24) is 0 Å². The molecule has 0 saturated heterocycles. The molecule has 0 amide bonds. The molecule has 2 aliphatic rings. The van der Waals surface area contributed by atoms with Crippen LogP contribution in [-0.2, 0) is 12.8 Å². The van der Waals surface area contributed by atoms with E-state index < -0.39 is 0 Å². The average Bonchev–Trinajstić information content (AvgIpc) is 2.87. The summed E-state index contributed by atoms with van der Waals surface area (Å²) >= 11 is 0. The smallest absolute Gasteiger partial charge is 0.0345 e. The van der Waals surface area contributed by atoms with Crippen LogP contribution in [0.15, 0.2) is 18.2 Å². The fourth-order valence-corrected chi connectivity index (χ4v) is 3.68. The molecule has 1 aromatic rings. The lowest BCUT2D eigenvalue weighted by atomic mass is 9.84. The SMILES string of the molecule is CC(Nc1ccc2c(c1)CCC2)C1CCCCC1. The molecule has 0 aliphatic heterocycles. The van der Waals surface area contributed by atoms with Gasteiger partial charge in [-0.05, 0) is 68.2 Å². The Bertz CT molecular complexity index is 404. The lowest BCUT2D eigenvalue weighted by molar-refractivity contribution is 0.328. The summed E-state index contributed by atoms with van der Waals surface area (Å²) in [5.41, 5.74) is 4.50. The summed E-state index contributed by atoms with van der Waals surface area (Å²) in [7, 11) is 0. The van der Waals surface area contributed by atoms with Crippen molar-refractivity contribution in [3.05, 3.63) is 29.3 Å². The number of hydrogen-bond donors (Lipinski definition) is 1. The zero-order valence-electron chi connectivity index (χ0n) is 11.5. The molecule has 1 saturated carbocycles. The van der Waals surface area contributed by atoms with Gasteiger partial charge in [-0.15, -0.1) is 0 Å². The van der Waals surface area contributed by atoms with Gasteiger partial charge in [0.1, 0.15) is 0 Å². The van der Waals surface area contributed by atoms with E-state index in [2.05, 4.69) is 30.4 Å². The van der Waals surface area contributed by atoms with Gasteiger partial charge in [0.15, 0.2) is 0 Å². The maximum Gasteiger partial charge on any atom is 0.0345 e.